The molecule has 0 aliphatic heterocycles. The van der Waals surface area contributed by atoms with E-state index in [0.29, 0.717) is 5.82 Å². The van der Waals surface area contributed by atoms with E-state index >= 15 is 0 Å². The molecule has 3 heterocycles. The van der Waals surface area contributed by atoms with E-state index in [0.717, 1.165) is 61.9 Å². The fraction of sp³-hybridized carbons (Fsp3) is 0.138. The molecule has 0 bridgehead atoms. The molecular weight excluding hydrogens is 470 g/mol. The number of aromatic nitrogens is 2. The van der Waals surface area contributed by atoms with E-state index in [4.69, 9.17) is 19.5 Å². The number of hydrogen-bond donors (Lipinski definition) is 2. The fourth-order valence-corrected chi connectivity index (χ4v) is 4.95. The highest BCUT2D eigenvalue weighted by atomic mass is 32.1. The summed E-state index contributed by atoms with van der Waals surface area (Å²) < 4.78 is 5.64. The largest absolute Gasteiger partial charge is 0.478 e. The molecule has 7 heteroatoms. The summed E-state index contributed by atoms with van der Waals surface area (Å²) in [7, 11) is 0. The molecule has 0 amide bonds. The third-order valence-electron chi connectivity index (χ3n) is 5.96. The molecule has 5 aromatic rings. The van der Waals surface area contributed by atoms with Gasteiger partial charge in [-0.1, -0.05) is 32.0 Å². The highest BCUT2D eigenvalue weighted by Gasteiger charge is 2.15. The summed E-state index contributed by atoms with van der Waals surface area (Å²) in [6, 6.07) is 18.8. The Morgan fingerprint density at radius 1 is 1.00 bits per heavy atom. The number of hydrogen-bond acceptors (Lipinski definition) is 6. The van der Waals surface area contributed by atoms with Crippen LogP contribution in [0.3, 0.4) is 0 Å². The molecule has 180 valence electrons. The van der Waals surface area contributed by atoms with E-state index in [1.54, 1.807) is 41.9 Å². The van der Waals surface area contributed by atoms with Crippen molar-refractivity contribution in [3.63, 3.8) is 0 Å². The first-order chi connectivity index (χ1) is 17.6. The zero-order valence-electron chi connectivity index (χ0n) is 20.0. The third-order valence-corrected chi connectivity index (χ3v) is 7.01. The minimum atomic E-state index is -0.947. The lowest BCUT2D eigenvalue weighted by Crippen LogP contribution is -2.07. The van der Waals surface area contributed by atoms with Gasteiger partial charge in [0.25, 0.3) is 0 Å². The number of para-hydroxylation sites is 1. The van der Waals surface area contributed by atoms with E-state index in [9.17, 15) is 4.79 Å². The molecule has 6 nitrogen and oxygen atoms in total. The van der Waals surface area contributed by atoms with Crippen LogP contribution in [0.15, 0.2) is 71.3 Å². The van der Waals surface area contributed by atoms with Crippen molar-refractivity contribution in [3.8, 4) is 10.7 Å². The number of thiophene rings is 1. The number of furan rings is 1. The van der Waals surface area contributed by atoms with Gasteiger partial charge in [0.1, 0.15) is 11.4 Å². The first-order valence-electron chi connectivity index (χ1n) is 11.8. The Labute approximate surface area is 213 Å². The van der Waals surface area contributed by atoms with Crippen molar-refractivity contribution in [3.05, 3.63) is 94.2 Å². The lowest BCUT2D eigenvalue weighted by atomic mass is 10.1. The fourth-order valence-electron chi connectivity index (χ4n) is 4.10. The number of nitrogens with one attached hydrogen (secondary N) is 1. The number of anilines is 2. The summed E-state index contributed by atoms with van der Waals surface area (Å²) in [6.45, 7) is 4.18. The topological polar surface area (TPSA) is 88.3 Å². The Kier molecular flexibility index (Phi) is 6.64. The Hall–Kier alpha value is -4.23. The number of carboxylic acids is 1. The zero-order chi connectivity index (χ0) is 25.1. The summed E-state index contributed by atoms with van der Waals surface area (Å²) in [5.74, 6) is 0.474. The minimum absolute atomic E-state index is 0.247. The first-order valence-corrected chi connectivity index (χ1v) is 12.6. The summed E-state index contributed by atoms with van der Waals surface area (Å²) in [6.07, 6.45) is 7.49. The van der Waals surface area contributed by atoms with Crippen molar-refractivity contribution in [2.24, 2.45) is 0 Å². The lowest BCUT2D eigenvalue weighted by Gasteiger charge is -2.15. The van der Waals surface area contributed by atoms with Crippen molar-refractivity contribution in [2.75, 3.05) is 5.32 Å². The highest BCUT2D eigenvalue weighted by molar-refractivity contribution is 7.16. The molecular formula is C29H25N3O3S. The van der Waals surface area contributed by atoms with E-state index in [1.807, 2.05) is 24.3 Å². The van der Waals surface area contributed by atoms with Crippen LogP contribution in [-0.2, 0) is 12.8 Å². The van der Waals surface area contributed by atoms with Crippen LogP contribution in [-0.4, -0.2) is 21.0 Å². The quantitative estimate of drug-likeness (QED) is 0.229. The molecule has 2 aromatic carbocycles. The number of fused-ring (bicyclic) bond motifs is 1. The molecule has 0 radical (unpaired) electrons. The van der Waals surface area contributed by atoms with Crippen LogP contribution in [0.25, 0.3) is 33.8 Å². The molecule has 0 spiro atoms. The van der Waals surface area contributed by atoms with Gasteiger partial charge in [-0.25, -0.2) is 14.8 Å². The van der Waals surface area contributed by atoms with Crippen LogP contribution >= 0.6 is 11.3 Å². The summed E-state index contributed by atoms with van der Waals surface area (Å²) >= 11 is 1.63. The van der Waals surface area contributed by atoms with Gasteiger partial charge >= 0.3 is 5.97 Å². The van der Waals surface area contributed by atoms with Crippen molar-refractivity contribution in [1.29, 1.82) is 0 Å². The van der Waals surface area contributed by atoms with Gasteiger partial charge in [-0.15, -0.1) is 11.3 Å². The van der Waals surface area contributed by atoms with E-state index in [-0.39, 0.29) is 5.56 Å². The molecule has 0 unspecified atom stereocenters. The number of carbonyl (C=O) groups is 1. The SMILES string of the molecule is CCc1nc(-c2ccc(C=Cc3coc4ccccc34)s2)nc(Nc2ccc(C(=O)O)cc2)c1CC. The van der Waals surface area contributed by atoms with Crippen LogP contribution in [0, 0.1) is 0 Å². The van der Waals surface area contributed by atoms with Crippen molar-refractivity contribution in [1.82, 2.24) is 9.97 Å². The first kappa shape index (κ1) is 23.5. The maximum Gasteiger partial charge on any atom is 0.335 e. The smallest absolute Gasteiger partial charge is 0.335 e. The van der Waals surface area contributed by atoms with Crippen LogP contribution in [0.1, 0.15) is 45.9 Å². The van der Waals surface area contributed by atoms with Gasteiger partial charge in [-0.3, -0.25) is 0 Å². The molecule has 0 aliphatic rings. The number of aromatic carboxylic acids is 1. The van der Waals surface area contributed by atoms with Crippen LogP contribution in [0.2, 0.25) is 0 Å². The second kappa shape index (κ2) is 10.2. The van der Waals surface area contributed by atoms with E-state index in [2.05, 4.69) is 43.4 Å². The normalized spacial score (nSPS) is 11.4. The lowest BCUT2D eigenvalue weighted by molar-refractivity contribution is 0.0697. The highest BCUT2D eigenvalue weighted by Crippen LogP contribution is 2.32. The molecule has 0 fully saturated rings. The van der Waals surface area contributed by atoms with Crippen molar-refractivity contribution in [2.45, 2.75) is 26.7 Å². The molecule has 36 heavy (non-hydrogen) atoms. The second-order valence-corrected chi connectivity index (χ2v) is 9.37. The van der Waals surface area contributed by atoms with Gasteiger partial charge in [0, 0.05) is 32.8 Å². The molecule has 0 aliphatic carbocycles. The van der Waals surface area contributed by atoms with Crippen LogP contribution < -0.4 is 5.32 Å². The standard InChI is InChI=1S/C29H25N3O3S/c1-3-22-24(4-2)31-28(32-27(22)30-20-12-9-18(10-13-20)29(33)34)26-16-15-21(36-26)14-11-19-17-35-25-8-6-5-7-23(19)25/h5-17H,3-4H2,1-2H3,(H,33,34)(H,30,31,32). The van der Waals surface area contributed by atoms with Gasteiger partial charge in [-0.2, -0.15) is 0 Å². The van der Waals surface area contributed by atoms with Crippen LogP contribution in [0.5, 0.6) is 0 Å². The molecule has 0 atom stereocenters. The van der Waals surface area contributed by atoms with E-state index < -0.39 is 5.97 Å². The van der Waals surface area contributed by atoms with Crippen molar-refractivity contribution >= 4 is 51.9 Å². The molecule has 0 saturated heterocycles. The average Bonchev–Trinajstić information content (AvgIpc) is 3.54. The Morgan fingerprint density at radius 2 is 1.81 bits per heavy atom. The molecule has 5 rings (SSSR count). The number of aryl methyl sites for hydroxylation is 1. The van der Waals surface area contributed by atoms with Gasteiger partial charge in [0.15, 0.2) is 5.82 Å². The maximum atomic E-state index is 11.2. The molecule has 3 aromatic heterocycles. The zero-order valence-corrected chi connectivity index (χ0v) is 20.8. The summed E-state index contributed by atoms with van der Waals surface area (Å²) in [5.41, 5.74) is 5.01. The van der Waals surface area contributed by atoms with E-state index in [1.165, 1.54) is 0 Å². The minimum Gasteiger partial charge on any atom is -0.478 e. The predicted octanol–water partition coefficient (Wildman–Crippen LogP) is 7.69. The Balaban J connectivity index is 1.44. The number of benzene rings is 2. The number of carboxylic acid groups (broad SMARTS) is 1. The number of nitrogens with zero attached hydrogens (tertiary/aromatic N) is 2. The Bertz CT molecular complexity index is 1560. The van der Waals surface area contributed by atoms with Crippen molar-refractivity contribution < 1.29 is 14.3 Å². The van der Waals surface area contributed by atoms with Gasteiger partial charge in [-0.05, 0) is 67.5 Å². The van der Waals surface area contributed by atoms with Crippen LogP contribution in [0.4, 0.5) is 11.5 Å². The van der Waals surface area contributed by atoms with Gasteiger partial charge < -0.3 is 14.8 Å². The van der Waals surface area contributed by atoms with Gasteiger partial charge in [0.05, 0.1) is 16.7 Å². The maximum absolute atomic E-state index is 11.2. The second-order valence-electron chi connectivity index (χ2n) is 8.26. The predicted molar refractivity (Wildman–Crippen MR) is 146 cm³/mol. The average molecular weight is 496 g/mol. The summed E-state index contributed by atoms with van der Waals surface area (Å²) in [5, 5.41) is 13.6. The Morgan fingerprint density at radius 3 is 2.56 bits per heavy atom. The van der Waals surface area contributed by atoms with Gasteiger partial charge in [0.2, 0.25) is 0 Å². The number of rotatable bonds is 8. The third kappa shape index (κ3) is 4.78. The molecule has 2 N–H and O–H groups in total. The summed E-state index contributed by atoms with van der Waals surface area (Å²) in [4.78, 5) is 23.0. The molecule has 0 saturated carbocycles. The monoisotopic (exact) mass is 495 g/mol.